The summed E-state index contributed by atoms with van der Waals surface area (Å²) in [7, 11) is 0. The van der Waals surface area contributed by atoms with E-state index in [-0.39, 0.29) is 11.9 Å². The number of hydrogen-bond acceptors (Lipinski definition) is 5. The molecule has 1 amide bonds. The number of hydrogen-bond donors (Lipinski definition) is 2. The Morgan fingerprint density at radius 1 is 1.21 bits per heavy atom. The number of carbonyl (C=O) groups excluding carboxylic acids is 1. The van der Waals surface area contributed by atoms with Gasteiger partial charge in [0.2, 0.25) is 5.91 Å². The summed E-state index contributed by atoms with van der Waals surface area (Å²) in [5.41, 5.74) is 0.863. The van der Waals surface area contributed by atoms with Crippen LogP contribution in [0.5, 0.6) is 0 Å². The predicted molar refractivity (Wildman–Crippen MR) is 98.0 cm³/mol. The van der Waals surface area contributed by atoms with E-state index in [0.717, 1.165) is 37.0 Å². The van der Waals surface area contributed by atoms with Gasteiger partial charge in [0.05, 0.1) is 5.52 Å². The number of fused-ring (bicyclic) bond motifs is 1. The van der Waals surface area contributed by atoms with E-state index in [0.29, 0.717) is 12.4 Å². The topological polar surface area (TPSA) is 70.2 Å². The van der Waals surface area contributed by atoms with Crippen LogP contribution in [-0.4, -0.2) is 53.0 Å². The molecule has 0 aliphatic rings. The van der Waals surface area contributed by atoms with Gasteiger partial charge < -0.3 is 15.5 Å². The van der Waals surface area contributed by atoms with Crippen LogP contribution < -0.4 is 10.6 Å². The monoisotopic (exact) mass is 329 g/mol. The lowest BCUT2D eigenvalue weighted by molar-refractivity contribution is -0.121. The van der Waals surface area contributed by atoms with E-state index in [1.165, 1.54) is 6.33 Å². The predicted octanol–water partition coefficient (Wildman–Crippen LogP) is 2.28. The van der Waals surface area contributed by atoms with Crippen LogP contribution in [0, 0.1) is 0 Å². The summed E-state index contributed by atoms with van der Waals surface area (Å²) in [6.45, 7) is 9.93. The van der Waals surface area contributed by atoms with Gasteiger partial charge in [-0.3, -0.25) is 4.79 Å². The van der Waals surface area contributed by atoms with E-state index in [1.54, 1.807) is 0 Å². The second-order valence-electron chi connectivity index (χ2n) is 5.78. The molecule has 0 aliphatic heterocycles. The van der Waals surface area contributed by atoms with Crippen LogP contribution in [0.15, 0.2) is 30.6 Å². The Bertz CT molecular complexity index is 651. The molecule has 0 saturated heterocycles. The van der Waals surface area contributed by atoms with Crippen LogP contribution >= 0.6 is 0 Å². The van der Waals surface area contributed by atoms with Crippen LogP contribution in [0.1, 0.15) is 27.2 Å². The Kier molecular flexibility index (Phi) is 6.93. The van der Waals surface area contributed by atoms with Crippen molar-refractivity contribution in [1.29, 1.82) is 0 Å². The maximum Gasteiger partial charge on any atom is 0.242 e. The fourth-order valence-electron chi connectivity index (χ4n) is 2.60. The first-order chi connectivity index (χ1) is 11.7. The number of benzene rings is 1. The minimum absolute atomic E-state index is 0.0164. The van der Waals surface area contributed by atoms with E-state index in [2.05, 4.69) is 39.3 Å². The van der Waals surface area contributed by atoms with Crippen molar-refractivity contribution in [2.45, 2.75) is 33.2 Å². The van der Waals surface area contributed by atoms with Crippen molar-refractivity contribution >= 4 is 22.6 Å². The number of carbonyl (C=O) groups is 1. The largest absolute Gasteiger partial charge is 0.358 e. The molecule has 0 saturated carbocycles. The lowest BCUT2D eigenvalue weighted by Crippen LogP contribution is -2.39. The first-order valence-corrected chi connectivity index (χ1v) is 8.62. The first-order valence-electron chi connectivity index (χ1n) is 8.62. The third kappa shape index (κ3) is 4.89. The Hall–Kier alpha value is -2.21. The highest BCUT2D eigenvalue weighted by Crippen LogP contribution is 2.18. The quantitative estimate of drug-likeness (QED) is 0.691. The van der Waals surface area contributed by atoms with E-state index >= 15 is 0 Å². The second kappa shape index (κ2) is 9.17. The molecule has 24 heavy (non-hydrogen) atoms. The number of anilines is 1. The van der Waals surface area contributed by atoms with Crippen LogP contribution in [0.4, 0.5) is 5.82 Å². The summed E-state index contributed by atoms with van der Waals surface area (Å²) in [5, 5.41) is 7.08. The number of nitrogens with one attached hydrogen (secondary N) is 2. The maximum atomic E-state index is 12.2. The smallest absolute Gasteiger partial charge is 0.242 e. The lowest BCUT2D eigenvalue weighted by atomic mass is 10.2. The van der Waals surface area contributed by atoms with Crippen molar-refractivity contribution in [3.63, 3.8) is 0 Å². The van der Waals surface area contributed by atoms with Gasteiger partial charge in [0.15, 0.2) is 0 Å². The molecule has 6 nitrogen and oxygen atoms in total. The molecule has 1 unspecified atom stereocenters. The molecule has 2 N–H and O–H groups in total. The normalized spacial score (nSPS) is 12.3. The Balaban J connectivity index is 1.85. The minimum Gasteiger partial charge on any atom is -0.358 e. The highest BCUT2D eigenvalue weighted by molar-refractivity contribution is 5.91. The third-order valence-corrected chi connectivity index (χ3v) is 4.13. The minimum atomic E-state index is -0.350. The Morgan fingerprint density at radius 2 is 1.96 bits per heavy atom. The van der Waals surface area contributed by atoms with E-state index in [1.807, 2.05) is 31.2 Å². The van der Waals surface area contributed by atoms with Gasteiger partial charge in [-0.2, -0.15) is 0 Å². The van der Waals surface area contributed by atoms with Gasteiger partial charge in [-0.15, -0.1) is 0 Å². The molecule has 130 valence electrons. The van der Waals surface area contributed by atoms with Crippen molar-refractivity contribution in [2.24, 2.45) is 0 Å². The van der Waals surface area contributed by atoms with Crippen molar-refractivity contribution in [2.75, 3.05) is 31.5 Å². The molecule has 0 fully saturated rings. The number of para-hydroxylation sites is 1. The van der Waals surface area contributed by atoms with Crippen LogP contribution in [0.2, 0.25) is 0 Å². The van der Waals surface area contributed by atoms with Crippen molar-refractivity contribution in [3.05, 3.63) is 30.6 Å². The van der Waals surface area contributed by atoms with Crippen LogP contribution in [0.3, 0.4) is 0 Å². The van der Waals surface area contributed by atoms with Gasteiger partial charge in [-0.1, -0.05) is 26.0 Å². The summed E-state index contributed by atoms with van der Waals surface area (Å²) < 4.78 is 0. The molecule has 0 aliphatic carbocycles. The van der Waals surface area contributed by atoms with E-state index in [9.17, 15) is 4.79 Å². The summed E-state index contributed by atoms with van der Waals surface area (Å²) >= 11 is 0. The first kappa shape index (κ1) is 18.1. The van der Waals surface area contributed by atoms with Crippen LogP contribution in [0.25, 0.3) is 10.9 Å². The summed E-state index contributed by atoms with van der Waals surface area (Å²) in [6, 6.07) is 7.41. The molecule has 1 heterocycles. The average Bonchev–Trinajstić information content (AvgIpc) is 2.62. The zero-order chi connectivity index (χ0) is 17.4. The van der Waals surface area contributed by atoms with Crippen molar-refractivity contribution < 1.29 is 4.79 Å². The van der Waals surface area contributed by atoms with E-state index in [4.69, 9.17) is 0 Å². The fraction of sp³-hybridized carbons (Fsp3) is 0.500. The van der Waals surface area contributed by atoms with Crippen molar-refractivity contribution in [3.8, 4) is 0 Å². The highest BCUT2D eigenvalue weighted by atomic mass is 16.2. The number of amides is 1. The van der Waals surface area contributed by atoms with Crippen LogP contribution in [-0.2, 0) is 4.79 Å². The standard InChI is InChI=1S/C18H27N5O/c1-4-23(5-2)12-8-11-19-18(24)14(3)22-17-15-9-6-7-10-16(15)20-13-21-17/h6-7,9-10,13-14H,4-5,8,11-12H2,1-3H3,(H,19,24)(H,20,21,22). The van der Waals surface area contributed by atoms with Gasteiger partial charge in [0.1, 0.15) is 18.2 Å². The van der Waals surface area contributed by atoms with Gasteiger partial charge in [0, 0.05) is 11.9 Å². The zero-order valence-electron chi connectivity index (χ0n) is 14.7. The number of nitrogens with zero attached hydrogens (tertiary/aromatic N) is 3. The molecule has 1 aromatic carbocycles. The van der Waals surface area contributed by atoms with Gasteiger partial charge in [-0.25, -0.2) is 9.97 Å². The van der Waals surface area contributed by atoms with Crippen molar-refractivity contribution in [1.82, 2.24) is 20.2 Å². The number of aromatic nitrogens is 2. The average molecular weight is 329 g/mol. The Labute approximate surface area is 143 Å². The molecule has 2 aromatic rings. The van der Waals surface area contributed by atoms with Gasteiger partial charge in [0.25, 0.3) is 0 Å². The maximum absolute atomic E-state index is 12.2. The van der Waals surface area contributed by atoms with E-state index < -0.39 is 0 Å². The van der Waals surface area contributed by atoms with Gasteiger partial charge in [-0.05, 0) is 45.1 Å². The van der Waals surface area contributed by atoms with Gasteiger partial charge >= 0.3 is 0 Å². The number of rotatable bonds is 9. The second-order valence-corrected chi connectivity index (χ2v) is 5.78. The Morgan fingerprint density at radius 3 is 2.71 bits per heavy atom. The highest BCUT2D eigenvalue weighted by Gasteiger charge is 2.14. The zero-order valence-corrected chi connectivity index (χ0v) is 14.7. The summed E-state index contributed by atoms with van der Waals surface area (Å²) in [5.74, 6) is 0.670. The summed E-state index contributed by atoms with van der Waals surface area (Å²) in [4.78, 5) is 23.1. The third-order valence-electron chi connectivity index (χ3n) is 4.13. The molecule has 1 atom stereocenters. The SMILES string of the molecule is CCN(CC)CCCNC(=O)C(C)Nc1ncnc2ccccc12. The molecule has 0 spiro atoms. The molecule has 0 bridgehead atoms. The fourth-order valence-corrected chi connectivity index (χ4v) is 2.60. The molecule has 2 rings (SSSR count). The lowest BCUT2D eigenvalue weighted by Gasteiger charge is -2.19. The molecule has 0 radical (unpaired) electrons. The molecular weight excluding hydrogens is 302 g/mol. The molecule has 1 aromatic heterocycles. The molecule has 6 heteroatoms. The summed E-state index contributed by atoms with van der Waals surface area (Å²) in [6.07, 6.45) is 2.47. The molecular formula is C18H27N5O.